The molecule has 0 aliphatic rings. The van der Waals surface area contributed by atoms with E-state index in [-0.39, 0.29) is 31.5 Å². The van der Waals surface area contributed by atoms with Crippen molar-refractivity contribution in [1.82, 2.24) is 5.32 Å². The number of unbranched alkanes of at least 4 members (excludes halogenated alkanes) is 36. The lowest BCUT2D eigenvalue weighted by Gasteiger charge is -2.30. The molecule has 1 N–H and O–H groups in total. The van der Waals surface area contributed by atoms with Gasteiger partial charge >= 0.3 is 5.97 Å². The van der Waals surface area contributed by atoms with Crippen LogP contribution in [0.5, 0.6) is 0 Å². The molecule has 3 unspecified atom stereocenters. The third kappa shape index (κ3) is 56.5. The topological polar surface area (TPSA) is 114 Å². The molecule has 10 heteroatoms. The number of nitrogens with zero attached hydrogens (tertiary/aromatic N) is 1. The van der Waals surface area contributed by atoms with Crippen LogP contribution in [0.15, 0.2) is 48.6 Å². The first-order valence-electron chi connectivity index (χ1n) is 31.9. The summed E-state index contributed by atoms with van der Waals surface area (Å²) in [6.45, 7) is 6.84. The zero-order valence-corrected chi connectivity index (χ0v) is 51.2. The Kier molecular flexibility index (Phi) is 53.8. The molecular weight excluding hydrogens is 952 g/mol. The van der Waals surface area contributed by atoms with Gasteiger partial charge in [-0.05, 0) is 70.3 Å². The number of phosphoric acid groups is 1. The Balaban J connectivity index is 5.24. The van der Waals surface area contributed by atoms with Gasteiger partial charge in [-0.1, -0.05) is 269 Å². The van der Waals surface area contributed by atoms with Gasteiger partial charge in [0.25, 0.3) is 7.82 Å². The Hall–Kier alpha value is -2.03. The van der Waals surface area contributed by atoms with Crippen LogP contribution < -0.4 is 10.2 Å². The lowest BCUT2D eigenvalue weighted by Crippen LogP contribution is -2.47. The summed E-state index contributed by atoms with van der Waals surface area (Å²) in [6, 6.07) is -0.889. The highest BCUT2D eigenvalue weighted by atomic mass is 31.2. The Morgan fingerprint density at radius 3 is 1.24 bits per heavy atom. The van der Waals surface area contributed by atoms with E-state index in [2.05, 4.69) is 62.5 Å². The van der Waals surface area contributed by atoms with Crippen LogP contribution in [0, 0.1) is 0 Å². The van der Waals surface area contributed by atoms with Crippen molar-refractivity contribution in [1.29, 1.82) is 0 Å². The van der Waals surface area contributed by atoms with Crippen LogP contribution in [0.4, 0.5) is 0 Å². The smallest absolute Gasteiger partial charge is 0.306 e. The fourth-order valence-corrected chi connectivity index (χ4v) is 10.0. The van der Waals surface area contributed by atoms with E-state index in [0.29, 0.717) is 17.4 Å². The summed E-state index contributed by atoms with van der Waals surface area (Å²) in [6.07, 6.45) is 67.8. The first-order valence-corrected chi connectivity index (χ1v) is 33.4. The highest BCUT2D eigenvalue weighted by Gasteiger charge is 2.27. The Labute approximate surface area is 465 Å². The second-order valence-electron chi connectivity index (χ2n) is 22.9. The number of likely N-dealkylation sites (N-methyl/N-ethyl adjacent to an activating group) is 1. The fourth-order valence-electron chi connectivity index (χ4n) is 9.29. The van der Waals surface area contributed by atoms with Crippen molar-refractivity contribution in [3.63, 3.8) is 0 Å². The van der Waals surface area contributed by atoms with Crippen molar-refractivity contribution in [2.75, 3.05) is 40.9 Å². The summed E-state index contributed by atoms with van der Waals surface area (Å²) in [7, 11) is 1.19. The van der Waals surface area contributed by atoms with Gasteiger partial charge in [0.15, 0.2) is 0 Å². The largest absolute Gasteiger partial charge is 0.756 e. The van der Waals surface area contributed by atoms with E-state index in [4.69, 9.17) is 13.8 Å². The number of hydrogen-bond acceptors (Lipinski definition) is 7. The van der Waals surface area contributed by atoms with Crippen molar-refractivity contribution >= 4 is 19.7 Å². The molecule has 0 saturated heterocycles. The molecule has 0 bridgehead atoms. The molecule has 0 spiro atoms. The highest BCUT2D eigenvalue weighted by molar-refractivity contribution is 7.45. The van der Waals surface area contributed by atoms with Crippen LogP contribution in [-0.2, 0) is 27.9 Å². The molecule has 9 nitrogen and oxygen atoms in total. The quantitative estimate of drug-likeness (QED) is 0.0212. The predicted molar refractivity (Wildman–Crippen MR) is 321 cm³/mol. The van der Waals surface area contributed by atoms with Crippen molar-refractivity contribution in [3.8, 4) is 0 Å². The highest BCUT2D eigenvalue weighted by Crippen LogP contribution is 2.38. The molecule has 0 aliphatic heterocycles. The summed E-state index contributed by atoms with van der Waals surface area (Å²) in [4.78, 5) is 40.0. The molecule has 0 saturated carbocycles. The minimum atomic E-state index is -4.70. The number of amides is 1. The van der Waals surface area contributed by atoms with Crippen LogP contribution in [0.2, 0.25) is 0 Å². The van der Waals surface area contributed by atoms with E-state index in [1.165, 1.54) is 186 Å². The molecule has 0 fully saturated rings. The van der Waals surface area contributed by atoms with E-state index < -0.39 is 20.0 Å². The molecule has 75 heavy (non-hydrogen) atoms. The Bertz CT molecular complexity index is 1420. The second kappa shape index (κ2) is 55.3. The first-order chi connectivity index (χ1) is 36.4. The second-order valence-corrected chi connectivity index (χ2v) is 24.3. The summed E-state index contributed by atoms with van der Waals surface area (Å²) >= 11 is 0. The molecular formula is C65H123N2O7P. The van der Waals surface area contributed by atoms with E-state index in [1.54, 1.807) is 0 Å². The fraction of sp³-hybridized carbons (Fsp3) is 0.846. The third-order valence-electron chi connectivity index (χ3n) is 14.3. The van der Waals surface area contributed by atoms with Gasteiger partial charge in [-0.15, -0.1) is 0 Å². The van der Waals surface area contributed by atoms with Crippen LogP contribution in [-0.4, -0.2) is 69.4 Å². The predicted octanol–water partition coefficient (Wildman–Crippen LogP) is 19.0. The molecule has 0 aromatic rings. The van der Waals surface area contributed by atoms with Gasteiger partial charge < -0.3 is 28.5 Å². The lowest BCUT2D eigenvalue weighted by molar-refractivity contribution is -0.870. The standard InChI is InChI=1S/C65H123N2O7P/c1-7-10-13-16-19-22-25-28-30-31-32-33-34-35-37-40-43-46-49-52-55-58-65(69)74-63(56-53-50-47-44-41-38-27-24-21-18-15-12-9-3)62(61-73-75(70,71)72-60-59-67(4,5)6)66-64(68)57-54-51-48-45-42-39-36-29-26-23-20-17-14-11-8-2/h19,22,28,30,32-33,53,56,62-63H,7-18,20-21,23-27,29,31,34-52,54-55,57-61H2,1-6H3,(H-,66,68,70,71)/b22-19-,30-28-,33-32-,56-53+. The number of carbonyl (C=O) groups excluding carboxylic acids is 2. The minimum absolute atomic E-state index is 0.0222. The van der Waals surface area contributed by atoms with Gasteiger partial charge in [-0.2, -0.15) is 0 Å². The SMILES string of the molecule is CCCCC/C=C\C/C=C\C/C=C\CCCCCCCCCCC(=O)OC(/C=C/CCCCCCCCCCCCC)C(COP(=O)([O-])OCC[N+](C)(C)C)NC(=O)CCCCCCCCCCCCCCCCC. The van der Waals surface area contributed by atoms with Crippen molar-refractivity contribution in [3.05, 3.63) is 48.6 Å². The number of esters is 1. The molecule has 0 heterocycles. The molecule has 0 aromatic carbocycles. The summed E-state index contributed by atoms with van der Waals surface area (Å²) < 4.78 is 30.3. The maximum absolute atomic E-state index is 13.5. The summed E-state index contributed by atoms with van der Waals surface area (Å²) in [5.41, 5.74) is 0. The van der Waals surface area contributed by atoms with Crippen LogP contribution in [0.3, 0.4) is 0 Å². The number of nitrogens with one attached hydrogen (secondary N) is 1. The minimum Gasteiger partial charge on any atom is -0.756 e. The number of quaternary nitrogens is 1. The number of phosphoric ester groups is 1. The van der Waals surface area contributed by atoms with E-state index in [0.717, 1.165) is 83.5 Å². The van der Waals surface area contributed by atoms with Crippen molar-refractivity contribution in [2.45, 2.75) is 315 Å². The Morgan fingerprint density at radius 2 is 0.813 bits per heavy atom. The van der Waals surface area contributed by atoms with Gasteiger partial charge in [0.2, 0.25) is 5.91 Å². The van der Waals surface area contributed by atoms with Gasteiger partial charge in [-0.25, -0.2) is 0 Å². The Morgan fingerprint density at radius 1 is 0.467 bits per heavy atom. The van der Waals surface area contributed by atoms with Gasteiger partial charge in [0.05, 0.1) is 33.8 Å². The van der Waals surface area contributed by atoms with E-state index >= 15 is 0 Å². The maximum atomic E-state index is 13.5. The normalized spacial score (nSPS) is 14.0. The molecule has 3 atom stereocenters. The zero-order valence-electron chi connectivity index (χ0n) is 50.3. The molecule has 440 valence electrons. The number of allylic oxidation sites excluding steroid dienone is 7. The van der Waals surface area contributed by atoms with Crippen molar-refractivity contribution in [2.24, 2.45) is 0 Å². The van der Waals surface area contributed by atoms with Gasteiger partial charge in [-0.3, -0.25) is 14.2 Å². The zero-order chi connectivity index (χ0) is 55.0. The molecule has 1 amide bonds. The van der Waals surface area contributed by atoms with Crippen LogP contribution in [0.1, 0.15) is 303 Å². The van der Waals surface area contributed by atoms with E-state index in [1.807, 2.05) is 33.3 Å². The van der Waals surface area contributed by atoms with Crippen molar-refractivity contribution < 1.29 is 37.3 Å². The summed E-state index contributed by atoms with van der Waals surface area (Å²) in [5, 5.41) is 3.03. The van der Waals surface area contributed by atoms with Crippen LogP contribution in [0.25, 0.3) is 0 Å². The maximum Gasteiger partial charge on any atom is 0.306 e. The van der Waals surface area contributed by atoms with Gasteiger partial charge in [0, 0.05) is 12.8 Å². The molecule has 0 aliphatic carbocycles. The average Bonchev–Trinajstić information content (AvgIpc) is 3.37. The molecule has 0 radical (unpaired) electrons. The molecule has 0 aromatic heterocycles. The van der Waals surface area contributed by atoms with E-state index in [9.17, 15) is 19.0 Å². The molecule has 0 rings (SSSR count). The monoisotopic (exact) mass is 1070 g/mol. The lowest BCUT2D eigenvalue weighted by atomic mass is 10.0. The third-order valence-corrected chi connectivity index (χ3v) is 15.2. The number of ether oxygens (including phenoxy) is 1. The summed E-state index contributed by atoms with van der Waals surface area (Å²) in [5.74, 6) is -0.537. The number of hydrogen-bond donors (Lipinski definition) is 1. The first kappa shape index (κ1) is 73.0. The number of rotatable bonds is 58. The number of carbonyl (C=O) groups is 2. The average molecular weight is 1080 g/mol. The van der Waals surface area contributed by atoms with Crippen LogP contribution >= 0.6 is 7.82 Å². The van der Waals surface area contributed by atoms with Gasteiger partial charge in [0.1, 0.15) is 19.3 Å².